The van der Waals surface area contributed by atoms with Crippen LogP contribution in [-0.2, 0) is 9.53 Å². The number of hydrogen-bond donors (Lipinski definition) is 1. The highest BCUT2D eigenvalue weighted by Gasteiger charge is 2.27. The summed E-state index contributed by atoms with van der Waals surface area (Å²) in [6, 6.07) is 6.62. The molecule has 1 N–H and O–H groups in total. The molecule has 1 amide bonds. The summed E-state index contributed by atoms with van der Waals surface area (Å²) in [7, 11) is 1.33. The number of anilines is 1. The van der Waals surface area contributed by atoms with Crippen molar-refractivity contribution >= 4 is 34.5 Å². The second-order valence-corrected chi connectivity index (χ2v) is 5.67. The van der Waals surface area contributed by atoms with Crippen LogP contribution >= 0.6 is 11.8 Å². The molecule has 2 heterocycles. The van der Waals surface area contributed by atoms with Crippen LogP contribution in [0.4, 0.5) is 5.69 Å². The zero-order valence-corrected chi connectivity index (χ0v) is 12.9. The molecule has 0 saturated heterocycles. The van der Waals surface area contributed by atoms with Crippen LogP contribution in [0, 0.1) is 0 Å². The zero-order chi connectivity index (χ0) is 15.5. The van der Waals surface area contributed by atoms with Crippen molar-refractivity contribution in [3.63, 3.8) is 0 Å². The van der Waals surface area contributed by atoms with E-state index in [9.17, 15) is 9.59 Å². The van der Waals surface area contributed by atoms with Gasteiger partial charge in [0.05, 0.1) is 25.6 Å². The number of fused-ring (bicyclic) bond motifs is 1. The SMILES string of the molecule is COC(=O)c1ccc(NC(=O)CC2=CSC3=NCCN23)cc1. The first-order valence-corrected chi connectivity index (χ1v) is 7.71. The number of aliphatic imine (C=N–C) groups is 1. The monoisotopic (exact) mass is 317 g/mol. The largest absolute Gasteiger partial charge is 0.465 e. The fraction of sp³-hybridized carbons (Fsp3) is 0.267. The fourth-order valence-corrected chi connectivity index (χ4v) is 3.25. The summed E-state index contributed by atoms with van der Waals surface area (Å²) in [5.41, 5.74) is 2.08. The van der Waals surface area contributed by atoms with Crippen molar-refractivity contribution in [3.05, 3.63) is 40.9 Å². The average molecular weight is 317 g/mol. The lowest BCUT2D eigenvalue weighted by Gasteiger charge is -2.16. The molecule has 22 heavy (non-hydrogen) atoms. The molecule has 2 aliphatic heterocycles. The number of ether oxygens (including phenoxy) is 1. The third kappa shape index (κ3) is 2.99. The van der Waals surface area contributed by atoms with Crippen LogP contribution in [0.25, 0.3) is 0 Å². The van der Waals surface area contributed by atoms with Gasteiger partial charge in [-0.05, 0) is 29.7 Å². The summed E-state index contributed by atoms with van der Waals surface area (Å²) in [5, 5.41) is 5.77. The number of carbonyl (C=O) groups is 2. The summed E-state index contributed by atoms with van der Waals surface area (Å²) in [4.78, 5) is 29.9. The first-order valence-electron chi connectivity index (χ1n) is 6.83. The smallest absolute Gasteiger partial charge is 0.337 e. The first-order chi connectivity index (χ1) is 10.7. The number of amidine groups is 1. The summed E-state index contributed by atoms with van der Waals surface area (Å²) < 4.78 is 4.63. The van der Waals surface area contributed by atoms with E-state index < -0.39 is 5.97 Å². The second-order valence-electron chi connectivity index (χ2n) is 4.84. The molecule has 2 aliphatic rings. The summed E-state index contributed by atoms with van der Waals surface area (Å²) >= 11 is 1.56. The van der Waals surface area contributed by atoms with E-state index in [1.807, 2.05) is 5.41 Å². The van der Waals surface area contributed by atoms with Gasteiger partial charge in [-0.3, -0.25) is 9.79 Å². The Hall–Kier alpha value is -2.28. The van der Waals surface area contributed by atoms with E-state index in [1.54, 1.807) is 36.0 Å². The van der Waals surface area contributed by atoms with Gasteiger partial charge in [0.15, 0.2) is 5.17 Å². The number of thioether (sulfide) groups is 1. The minimum absolute atomic E-state index is 0.0918. The maximum absolute atomic E-state index is 12.1. The molecule has 7 heteroatoms. The normalized spacial score (nSPS) is 16.0. The Labute approximate surface area is 132 Å². The lowest BCUT2D eigenvalue weighted by Crippen LogP contribution is -2.24. The minimum Gasteiger partial charge on any atom is -0.465 e. The molecule has 0 aromatic heterocycles. The molecule has 0 bridgehead atoms. The van der Waals surface area contributed by atoms with E-state index >= 15 is 0 Å². The molecule has 1 aromatic carbocycles. The van der Waals surface area contributed by atoms with Crippen LogP contribution in [-0.4, -0.2) is 42.1 Å². The van der Waals surface area contributed by atoms with Crippen molar-refractivity contribution in [2.75, 3.05) is 25.5 Å². The van der Waals surface area contributed by atoms with E-state index in [2.05, 4.69) is 19.9 Å². The number of esters is 1. The minimum atomic E-state index is -0.396. The van der Waals surface area contributed by atoms with Crippen molar-refractivity contribution in [1.82, 2.24) is 4.90 Å². The molecule has 6 nitrogen and oxygen atoms in total. The molecule has 0 atom stereocenters. The van der Waals surface area contributed by atoms with Gasteiger partial charge in [0.1, 0.15) is 0 Å². The van der Waals surface area contributed by atoms with E-state index in [4.69, 9.17) is 0 Å². The molecule has 1 aromatic rings. The second kappa shape index (κ2) is 6.23. The summed E-state index contributed by atoms with van der Waals surface area (Å²) in [6.07, 6.45) is 0.310. The Balaban J connectivity index is 1.58. The summed E-state index contributed by atoms with van der Waals surface area (Å²) in [5.74, 6) is -0.488. The molecular weight excluding hydrogens is 302 g/mol. The number of amides is 1. The fourth-order valence-electron chi connectivity index (χ4n) is 2.29. The highest BCUT2D eigenvalue weighted by Crippen LogP contribution is 2.30. The Bertz CT molecular complexity index is 667. The van der Waals surface area contributed by atoms with Crippen LogP contribution in [0.1, 0.15) is 16.8 Å². The van der Waals surface area contributed by atoms with Gasteiger partial charge in [0.2, 0.25) is 5.91 Å². The van der Waals surface area contributed by atoms with Gasteiger partial charge in [-0.25, -0.2) is 4.79 Å². The van der Waals surface area contributed by atoms with Crippen LogP contribution < -0.4 is 5.32 Å². The quantitative estimate of drug-likeness (QED) is 0.861. The number of nitrogens with zero attached hydrogens (tertiary/aromatic N) is 2. The predicted octanol–water partition coefficient (Wildman–Crippen LogP) is 2.06. The molecule has 0 unspecified atom stereocenters. The van der Waals surface area contributed by atoms with Crippen molar-refractivity contribution in [2.45, 2.75) is 6.42 Å². The molecule has 0 saturated carbocycles. The number of carbonyl (C=O) groups excluding carboxylic acids is 2. The molecule has 3 rings (SSSR count). The van der Waals surface area contributed by atoms with Crippen LogP contribution in [0.2, 0.25) is 0 Å². The van der Waals surface area contributed by atoms with Gasteiger partial charge in [-0.15, -0.1) is 0 Å². The van der Waals surface area contributed by atoms with Gasteiger partial charge in [0, 0.05) is 17.9 Å². The number of methoxy groups -OCH3 is 1. The first kappa shape index (κ1) is 14.6. The van der Waals surface area contributed by atoms with Gasteiger partial charge in [-0.1, -0.05) is 11.8 Å². The van der Waals surface area contributed by atoms with Gasteiger partial charge < -0.3 is 15.0 Å². The van der Waals surface area contributed by atoms with Gasteiger partial charge in [0.25, 0.3) is 0 Å². The van der Waals surface area contributed by atoms with Gasteiger partial charge in [-0.2, -0.15) is 0 Å². The standard InChI is InChI=1S/C15H15N3O3S/c1-21-14(20)10-2-4-11(5-3-10)17-13(19)8-12-9-22-15-16-6-7-18(12)15/h2-5,9H,6-8H2,1H3,(H,17,19). The molecule has 0 radical (unpaired) electrons. The zero-order valence-electron chi connectivity index (χ0n) is 12.0. The predicted molar refractivity (Wildman–Crippen MR) is 85.7 cm³/mol. The number of nitrogens with one attached hydrogen (secondary N) is 1. The van der Waals surface area contributed by atoms with Crippen molar-refractivity contribution < 1.29 is 14.3 Å². The highest BCUT2D eigenvalue weighted by molar-refractivity contribution is 8.16. The Morgan fingerprint density at radius 2 is 2.14 bits per heavy atom. The Morgan fingerprint density at radius 3 is 2.86 bits per heavy atom. The molecular formula is C15H15N3O3S. The number of benzene rings is 1. The van der Waals surface area contributed by atoms with Crippen LogP contribution in [0.5, 0.6) is 0 Å². The van der Waals surface area contributed by atoms with E-state index in [1.165, 1.54) is 7.11 Å². The highest BCUT2D eigenvalue weighted by atomic mass is 32.2. The molecule has 114 valence electrons. The molecule has 0 aliphatic carbocycles. The third-order valence-corrected chi connectivity index (χ3v) is 4.33. The van der Waals surface area contributed by atoms with E-state index in [0.717, 1.165) is 24.0 Å². The van der Waals surface area contributed by atoms with Crippen molar-refractivity contribution in [3.8, 4) is 0 Å². The topological polar surface area (TPSA) is 71.0 Å². The van der Waals surface area contributed by atoms with Crippen molar-refractivity contribution in [2.24, 2.45) is 4.99 Å². The van der Waals surface area contributed by atoms with Crippen molar-refractivity contribution in [1.29, 1.82) is 0 Å². The van der Waals surface area contributed by atoms with E-state index in [0.29, 0.717) is 17.7 Å². The average Bonchev–Trinajstić information content (AvgIpc) is 3.12. The Morgan fingerprint density at radius 1 is 1.36 bits per heavy atom. The molecule has 0 fully saturated rings. The van der Waals surface area contributed by atoms with Crippen LogP contribution in [0.15, 0.2) is 40.4 Å². The van der Waals surface area contributed by atoms with Gasteiger partial charge >= 0.3 is 5.97 Å². The third-order valence-electron chi connectivity index (χ3n) is 3.38. The van der Waals surface area contributed by atoms with Crippen LogP contribution in [0.3, 0.4) is 0 Å². The number of hydrogen-bond acceptors (Lipinski definition) is 6. The maximum atomic E-state index is 12.1. The Kier molecular flexibility index (Phi) is 4.15. The lowest BCUT2D eigenvalue weighted by atomic mass is 10.2. The lowest BCUT2D eigenvalue weighted by molar-refractivity contribution is -0.115. The maximum Gasteiger partial charge on any atom is 0.337 e. The van der Waals surface area contributed by atoms with E-state index in [-0.39, 0.29) is 5.91 Å². The molecule has 0 spiro atoms. The number of rotatable bonds is 4. The summed E-state index contributed by atoms with van der Waals surface area (Å²) in [6.45, 7) is 1.63.